The normalized spacial score (nSPS) is 22.4. The van der Waals surface area contributed by atoms with Crippen LogP contribution in [0.5, 0.6) is 0 Å². The van der Waals surface area contributed by atoms with Crippen LogP contribution in [0, 0.1) is 11.8 Å². The van der Waals surface area contributed by atoms with E-state index >= 15 is 0 Å². The zero-order valence-electron chi connectivity index (χ0n) is 17.3. The van der Waals surface area contributed by atoms with Crippen LogP contribution in [0.4, 0.5) is 13.2 Å². The van der Waals surface area contributed by atoms with Crippen LogP contribution >= 0.6 is 0 Å². The van der Waals surface area contributed by atoms with E-state index in [-0.39, 0.29) is 12.1 Å². The fourth-order valence-corrected chi connectivity index (χ4v) is 3.86. The maximum absolute atomic E-state index is 12.8. The van der Waals surface area contributed by atoms with Crippen molar-refractivity contribution in [2.45, 2.75) is 57.8 Å². The standard InChI is InChI=1S/C17H34N4O.C2HF3O2/c1-13(20-7-3-15(11-18)4-8-20)17(22)14(2)21-9-5-16(12-19)6-10-21;3-2(4,5)1(6)7/h13-16H,3-12,18-19H2,1-2H3;(H,6,7). The molecule has 0 bridgehead atoms. The van der Waals surface area contributed by atoms with Crippen molar-refractivity contribution in [3.8, 4) is 0 Å². The van der Waals surface area contributed by atoms with E-state index in [9.17, 15) is 18.0 Å². The van der Waals surface area contributed by atoms with Gasteiger partial charge in [0.1, 0.15) is 0 Å². The summed E-state index contributed by atoms with van der Waals surface area (Å²) in [5.41, 5.74) is 11.5. The number of rotatable bonds is 6. The van der Waals surface area contributed by atoms with E-state index in [1.54, 1.807) is 0 Å². The van der Waals surface area contributed by atoms with E-state index in [4.69, 9.17) is 21.4 Å². The number of nitrogens with zero attached hydrogens (tertiary/aromatic N) is 2. The molecule has 7 nitrogen and oxygen atoms in total. The van der Waals surface area contributed by atoms with Gasteiger partial charge < -0.3 is 16.6 Å². The Morgan fingerprint density at radius 1 is 0.897 bits per heavy atom. The van der Waals surface area contributed by atoms with Gasteiger partial charge >= 0.3 is 12.1 Å². The summed E-state index contributed by atoms with van der Waals surface area (Å²) in [6, 6.07) is 0.0573. The van der Waals surface area contributed by atoms with Gasteiger partial charge in [0, 0.05) is 0 Å². The van der Waals surface area contributed by atoms with Gasteiger partial charge in [0.05, 0.1) is 12.1 Å². The van der Waals surface area contributed by atoms with Gasteiger partial charge in [0.25, 0.3) is 0 Å². The van der Waals surface area contributed by atoms with Gasteiger partial charge in [-0.05, 0) is 90.6 Å². The summed E-state index contributed by atoms with van der Waals surface area (Å²) in [5.74, 6) is -1.09. The van der Waals surface area contributed by atoms with Crippen molar-refractivity contribution >= 4 is 11.8 Å². The van der Waals surface area contributed by atoms with Gasteiger partial charge in [0.2, 0.25) is 0 Å². The number of carboxylic acid groups (broad SMARTS) is 1. The monoisotopic (exact) mass is 424 g/mol. The van der Waals surface area contributed by atoms with Gasteiger partial charge in [-0.25, -0.2) is 4.79 Å². The van der Waals surface area contributed by atoms with Gasteiger partial charge in [-0.15, -0.1) is 0 Å². The number of ketones is 1. The summed E-state index contributed by atoms with van der Waals surface area (Å²) < 4.78 is 31.7. The number of halogens is 3. The first kappa shape index (κ1) is 25.8. The average molecular weight is 425 g/mol. The third kappa shape index (κ3) is 8.19. The van der Waals surface area contributed by atoms with Crippen LogP contribution in [0.25, 0.3) is 0 Å². The lowest BCUT2D eigenvalue weighted by molar-refractivity contribution is -0.192. The molecule has 2 aliphatic rings. The summed E-state index contributed by atoms with van der Waals surface area (Å²) >= 11 is 0. The highest BCUT2D eigenvalue weighted by molar-refractivity contribution is 5.88. The summed E-state index contributed by atoms with van der Waals surface area (Å²) in [7, 11) is 0. The molecule has 2 atom stereocenters. The SMILES string of the molecule is CC(C(=O)C(C)N1CCC(CN)CC1)N1CCC(CN)CC1.O=C(O)C(F)(F)F. The topological polar surface area (TPSA) is 113 Å². The zero-order chi connectivity index (χ0) is 22.2. The first-order chi connectivity index (χ1) is 13.5. The molecule has 2 rings (SSSR count). The summed E-state index contributed by atoms with van der Waals surface area (Å²) in [6.45, 7) is 9.76. The van der Waals surface area contributed by atoms with Crippen molar-refractivity contribution in [1.82, 2.24) is 9.80 Å². The number of alkyl halides is 3. The van der Waals surface area contributed by atoms with Crippen LogP contribution < -0.4 is 11.5 Å². The van der Waals surface area contributed by atoms with E-state index < -0.39 is 12.1 Å². The van der Waals surface area contributed by atoms with Gasteiger partial charge in [-0.3, -0.25) is 14.6 Å². The molecular weight excluding hydrogens is 389 g/mol. The minimum absolute atomic E-state index is 0.0287. The minimum atomic E-state index is -5.08. The van der Waals surface area contributed by atoms with Crippen LogP contribution in [0.3, 0.4) is 0 Å². The Morgan fingerprint density at radius 3 is 1.38 bits per heavy atom. The maximum Gasteiger partial charge on any atom is 0.490 e. The molecule has 2 fully saturated rings. The molecule has 170 valence electrons. The Bertz CT molecular complexity index is 485. The molecule has 2 aliphatic heterocycles. The lowest BCUT2D eigenvalue weighted by Crippen LogP contribution is -2.52. The number of carbonyl (C=O) groups is 2. The van der Waals surface area contributed by atoms with E-state index in [2.05, 4.69) is 23.6 Å². The number of aliphatic carboxylic acids is 1. The Hall–Kier alpha value is -1.23. The smallest absolute Gasteiger partial charge is 0.475 e. The van der Waals surface area contributed by atoms with E-state index in [1.807, 2.05) is 0 Å². The van der Waals surface area contributed by atoms with Gasteiger partial charge in [-0.1, -0.05) is 0 Å². The highest BCUT2D eigenvalue weighted by atomic mass is 19.4. The van der Waals surface area contributed by atoms with Crippen molar-refractivity contribution in [2.75, 3.05) is 39.3 Å². The van der Waals surface area contributed by atoms with Crippen LogP contribution in [0.1, 0.15) is 39.5 Å². The Kier molecular flexibility index (Phi) is 10.5. The Labute approximate surface area is 170 Å². The molecule has 0 aliphatic carbocycles. The number of likely N-dealkylation sites (tertiary alicyclic amines) is 2. The molecule has 2 heterocycles. The fraction of sp³-hybridized carbons (Fsp3) is 0.895. The molecule has 10 heteroatoms. The van der Waals surface area contributed by atoms with Crippen molar-refractivity contribution in [1.29, 1.82) is 0 Å². The first-order valence-corrected chi connectivity index (χ1v) is 10.2. The molecule has 0 aromatic heterocycles. The van der Waals surface area contributed by atoms with Crippen LogP contribution in [0.15, 0.2) is 0 Å². The van der Waals surface area contributed by atoms with Crippen LogP contribution in [-0.4, -0.2) is 84.2 Å². The minimum Gasteiger partial charge on any atom is -0.475 e. The number of nitrogens with two attached hydrogens (primary N) is 2. The van der Waals surface area contributed by atoms with Crippen LogP contribution in [-0.2, 0) is 9.59 Å². The van der Waals surface area contributed by atoms with Crippen molar-refractivity contribution in [3.05, 3.63) is 0 Å². The molecule has 2 unspecified atom stereocenters. The predicted octanol–water partition coefficient (Wildman–Crippen LogP) is 1.31. The van der Waals surface area contributed by atoms with Gasteiger partial charge in [0.15, 0.2) is 5.78 Å². The second-order valence-corrected chi connectivity index (χ2v) is 7.99. The average Bonchev–Trinajstić information content (AvgIpc) is 2.72. The van der Waals surface area contributed by atoms with E-state index in [1.165, 1.54) is 0 Å². The van der Waals surface area contributed by atoms with E-state index in [0.717, 1.165) is 65.0 Å². The Balaban J connectivity index is 0.000000516. The van der Waals surface area contributed by atoms with Gasteiger partial charge in [-0.2, -0.15) is 13.2 Å². The molecule has 5 N–H and O–H groups in total. The number of hydrogen-bond donors (Lipinski definition) is 3. The third-order valence-electron chi connectivity index (χ3n) is 6.13. The quantitative estimate of drug-likeness (QED) is 0.589. The summed E-state index contributed by atoms with van der Waals surface area (Å²) in [6.07, 6.45) is -0.566. The number of carbonyl (C=O) groups excluding carboxylic acids is 1. The number of Topliss-reactive ketones (excluding diaryl/α,β-unsaturated/α-hetero) is 1. The highest BCUT2D eigenvalue weighted by Crippen LogP contribution is 2.22. The zero-order valence-corrected chi connectivity index (χ0v) is 17.3. The summed E-state index contributed by atoms with van der Waals surface area (Å²) in [4.78, 5) is 26.4. The number of hydrogen-bond acceptors (Lipinski definition) is 6. The molecule has 0 radical (unpaired) electrons. The maximum atomic E-state index is 12.8. The fourth-order valence-electron chi connectivity index (χ4n) is 3.86. The van der Waals surface area contributed by atoms with Crippen molar-refractivity contribution < 1.29 is 27.9 Å². The molecule has 0 aromatic rings. The molecular formula is C19H35F3N4O3. The summed E-state index contributed by atoms with van der Waals surface area (Å²) in [5, 5.41) is 7.12. The molecule has 0 spiro atoms. The molecule has 2 saturated heterocycles. The third-order valence-corrected chi connectivity index (χ3v) is 6.13. The van der Waals surface area contributed by atoms with E-state index in [0.29, 0.717) is 17.6 Å². The molecule has 0 saturated carbocycles. The van der Waals surface area contributed by atoms with Crippen molar-refractivity contribution in [2.24, 2.45) is 23.3 Å². The second-order valence-electron chi connectivity index (χ2n) is 7.99. The number of piperidine rings is 2. The predicted molar refractivity (Wildman–Crippen MR) is 104 cm³/mol. The highest BCUT2D eigenvalue weighted by Gasteiger charge is 2.38. The lowest BCUT2D eigenvalue weighted by atomic mass is 9.93. The molecule has 0 aromatic carbocycles. The number of carboxylic acids is 1. The largest absolute Gasteiger partial charge is 0.490 e. The van der Waals surface area contributed by atoms with Crippen LogP contribution in [0.2, 0.25) is 0 Å². The molecule has 0 amide bonds. The Morgan fingerprint density at radius 2 is 1.17 bits per heavy atom. The first-order valence-electron chi connectivity index (χ1n) is 10.2. The second kappa shape index (κ2) is 11.8. The van der Waals surface area contributed by atoms with Crippen molar-refractivity contribution in [3.63, 3.8) is 0 Å². The molecule has 29 heavy (non-hydrogen) atoms. The lowest BCUT2D eigenvalue weighted by Gasteiger charge is -2.39.